The van der Waals surface area contributed by atoms with Crippen molar-refractivity contribution in [1.82, 2.24) is 19.1 Å². The van der Waals surface area contributed by atoms with Crippen LogP contribution >= 0.6 is 0 Å². The van der Waals surface area contributed by atoms with E-state index in [-0.39, 0.29) is 34.6 Å². The van der Waals surface area contributed by atoms with E-state index in [1.54, 1.807) is 54.6 Å². The second kappa shape index (κ2) is 10.9. The van der Waals surface area contributed by atoms with Crippen molar-refractivity contribution in [3.63, 3.8) is 0 Å². The number of rotatable bonds is 10. The predicted molar refractivity (Wildman–Crippen MR) is 156 cm³/mol. The largest absolute Gasteiger partial charge is 0.497 e. The zero-order valence-electron chi connectivity index (χ0n) is 22.7. The van der Waals surface area contributed by atoms with Crippen molar-refractivity contribution in [2.24, 2.45) is 5.92 Å². The van der Waals surface area contributed by atoms with Crippen molar-refractivity contribution in [1.29, 1.82) is 0 Å². The van der Waals surface area contributed by atoms with E-state index in [4.69, 9.17) is 4.74 Å². The first kappa shape index (κ1) is 27.5. The average Bonchev–Trinajstić information content (AvgIpc) is 3.71. The molecule has 0 bridgehead atoms. The Morgan fingerprint density at radius 3 is 2.50 bits per heavy atom. The van der Waals surface area contributed by atoms with Crippen LogP contribution in [0.4, 0.5) is 10.1 Å². The van der Waals surface area contributed by atoms with Gasteiger partial charge < -0.3 is 9.72 Å². The summed E-state index contributed by atoms with van der Waals surface area (Å²) in [7, 11) is -2.34. The third-order valence-corrected chi connectivity index (χ3v) is 8.66. The van der Waals surface area contributed by atoms with Crippen LogP contribution in [-0.4, -0.2) is 34.6 Å². The van der Waals surface area contributed by atoms with Gasteiger partial charge in [-0.25, -0.2) is 22.6 Å². The number of aromatic nitrogens is 4. The van der Waals surface area contributed by atoms with Gasteiger partial charge in [0.25, 0.3) is 15.6 Å². The van der Waals surface area contributed by atoms with Gasteiger partial charge in [0.2, 0.25) is 0 Å². The molecule has 0 spiro atoms. The fourth-order valence-electron chi connectivity index (χ4n) is 4.84. The van der Waals surface area contributed by atoms with Gasteiger partial charge in [-0.1, -0.05) is 36.4 Å². The molecule has 12 heteroatoms. The molecule has 2 N–H and O–H groups in total. The molecule has 2 aromatic heterocycles. The molecule has 0 radical (unpaired) electrons. The highest BCUT2D eigenvalue weighted by atomic mass is 32.2. The zero-order chi connectivity index (χ0) is 29.4. The molecule has 1 aliphatic rings. The molecule has 0 saturated heterocycles. The lowest BCUT2D eigenvalue weighted by molar-refractivity contribution is 0.415. The first-order valence-corrected chi connectivity index (χ1v) is 14.9. The SMILES string of the molecule is COc1cccc(NS(=O)(=O)c2ccc(Cc3nc4c([nH]3)c(=O)n(Cc3ccccc3F)c(=O)n4CC3CC3)cc2)c1. The standard InChI is InChI=1S/C30H28FN5O5S/c1-41-23-7-4-6-22(16-23)34-42(39,40)24-13-11-19(12-14-24)15-26-32-27-28(33-26)35(17-20-9-10-20)30(38)36(29(27)37)18-21-5-2-3-8-25(21)31/h2-8,11-14,16,20,34H,9-10,15,17-18H2,1H3,(H,32,33). The predicted octanol–water partition coefficient (Wildman–Crippen LogP) is 3.88. The maximum absolute atomic E-state index is 14.4. The van der Waals surface area contributed by atoms with Crippen LogP contribution < -0.4 is 20.7 Å². The molecule has 42 heavy (non-hydrogen) atoms. The van der Waals surface area contributed by atoms with Gasteiger partial charge in [0.05, 0.1) is 24.2 Å². The second-order valence-electron chi connectivity index (χ2n) is 10.4. The number of hydrogen-bond donors (Lipinski definition) is 2. The minimum absolute atomic E-state index is 0.0768. The van der Waals surface area contributed by atoms with E-state index < -0.39 is 27.1 Å². The summed E-state index contributed by atoms with van der Waals surface area (Å²) in [4.78, 5) is 34.6. The monoisotopic (exact) mass is 589 g/mol. The van der Waals surface area contributed by atoms with Gasteiger partial charge in [0, 0.05) is 24.6 Å². The molecule has 0 atom stereocenters. The van der Waals surface area contributed by atoms with Gasteiger partial charge in [-0.2, -0.15) is 0 Å². The summed E-state index contributed by atoms with van der Waals surface area (Å²) in [5.41, 5.74) is 0.690. The molecule has 5 aromatic rings. The summed E-state index contributed by atoms with van der Waals surface area (Å²) < 4.78 is 50.4. The molecule has 1 fully saturated rings. The Labute approximate surface area is 240 Å². The number of fused-ring (bicyclic) bond motifs is 1. The molecule has 10 nitrogen and oxygen atoms in total. The van der Waals surface area contributed by atoms with Gasteiger partial charge in [-0.3, -0.25) is 18.7 Å². The number of aromatic amines is 1. The summed E-state index contributed by atoms with van der Waals surface area (Å²) in [5.74, 6) is 0.801. The molecule has 1 saturated carbocycles. The summed E-state index contributed by atoms with van der Waals surface area (Å²) in [6, 6.07) is 19.0. The Morgan fingerprint density at radius 1 is 1.02 bits per heavy atom. The number of ether oxygens (including phenoxy) is 1. The summed E-state index contributed by atoms with van der Waals surface area (Å²) in [5, 5.41) is 0. The van der Waals surface area contributed by atoms with Crippen LogP contribution in [0.3, 0.4) is 0 Å². The number of H-pyrrole nitrogens is 1. The van der Waals surface area contributed by atoms with E-state index in [0.29, 0.717) is 29.7 Å². The summed E-state index contributed by atoms with van der Waals surface area (Å²) in [6.45, 7) is 0.225. The van der Waals surface area contributed by atoms with Crippen LogP contribution in [0.5, 0.6) is 5.75 Å². The van der Waals surface area contributed by atoms with Gasteiger partial charge in [0.15, 0.2) is 5.65 Å². The third kappa shape index (κ3) is 5.57. The van der Waals surface area contributed by atoms with Gasteiger partial charge >= 0.3 is 5.69 Å². The van der Waals surface area contributed by atoms with Crippen LogP contribution in [0.2, 0.25) is 0 Å². The van der Waals surface area contributed by atoms with E-state index in [2.05, 4.69) is 14.7 Å². The maximum atomic E-state index is 14.4. The van der Waals surface area contributed by atoms with Gasteiger partial charge in [0.1, 0.15) is 22.9 Å². The van der Waals surface area contributed by atoms with Crippen molar-refractivity contribution in [2.45, 2.75) is 37.2 Å². The fraction of sp³-hybridized carbons (Fsp3) is 0.233. The first-order valence-electron chi connectivity index (χ1n) is 13.4. The Morgan fingerprint density at radius 2 is 1.79 bits per heavy atom. The van der Waals surface area contributed by atoms with E-state index in [0.717, 1.165) is 23.0 Å². The number of imidazole rings is 1. The Hall–Kier alpha value is -4.71. The number of halogens is 1. The third-order valence-electron chi connectivity index (χ3n) is 7.26. The number of hydrogen-bond acceptors (Lipinski definition) is 6. The Kier molecular flexibility index (Phi) is 7.15. The zero-order valence-corrected chi connectivity index (χ0v) is 23.5. The van der Waals surface area contributed by atoms with Crippen molar-refractivity contribution in [3.05, 3.63) is 116 Å². The minimum Gasteiger partial charge on any atom is -0.497 e. The lowest BCUT2D eigenvalue weighted by Gasteiger charge is -2.11. The normalized spacial score (nSPS) is 13.4. The number of anilines is 1. The number of sulfonamides is 1. The molecule has 2 heterocycles. The van der Waals surface area contributed by atoms with E-state index >= 15 is 0 Å². The Balaban J connectivity index is 1.29. The molecule has 0 amide bonds. The quantitative estimate of drug-likeness (QED) is 0.255. The first-order chi connectivity index (χ1) is 20.2. The van der Waals surface area contributed by atoms with Crippen LogP contribution in [-0.2, 0) is 29.5 Å². The molecule has 0 unspecified atom stereocenters. The molecule has 216 valence electrons. The molecular weight excluding hydrogens is 561 g/mol. The number of nitrogens with zero attached hydrogens (tertiary/aromatic N) is 3. The van der Waals surface area contributed by atoms with Crippen LogP contribution in [0.1, 0.15) is 29.8 Å². The molecular formula is C30H28FN5O5S. The molecule has 6 rings (SSSR count). The van der Waals surface area contributed by atoms with Crippen molar-refractivity contribution in [2.75, 3.05) is 11.8 Å². The van der Waals surface area contributed by atoms with Crippen LogP contribution in [0.15, 0.2) is 87.3 Å². The second-order valence-corrected chi connectivity index (χ2v) is 12.0. The molecule has 1 aliphatic carbocycles. The number of benzene rings is 3. The Bertz CT molecular complexity index is 2010. The smallest absolute Gasteiger partial charge is 0.333 e. The van der Waals surface area contributed by atoms with Gasteiger partial charge in [-0.05, 0) is 54.7 Å². The minimum atomic E-state index is -3.84. The highest BCUT2D eigenvalue weighted by Gasteiger charge is 2.26. The van der Waals surface area contributed by atoms with Crippen molar-refractivity contribution < 1.29 is 17.5 Å². The highest BCUT2D eigenvalue weighted by Crippen LogP contribution is 2.30. The number of methoxy groups -OCH3 is 1. The van der Waals surface area contributed by atoms with Crippen molar-refractivity contribution >= 4 is 26.9 Å². The average molecular weight is 590 g/mol. The van der Waals surface area contributed by atoms with Crippen LogP contribution in [0, 0.1) is 11.7 Å². The van der Waals surface area contributed by atoms with E-state index in [1.165, 1.54) is 29.9 Å². The molecule has 0 aliphatic heterocycles. The molecule has 3 aromatic carbocycles. The lowest BCUT2D eigenvalue weighted by Crippen LogP contribution is -2.40. The fourth-order valence-corrected chi connectivity index (χ4v) is 5.89. The maximum Gasteiger partial charge on any atom is 0.333 e. The summed E-state index contributed by atoms with van der Waals surface area (Å²) in [6.07, 6.45) is 2.24. The van der Waals surface area contributed by atoms with Crippen molar-refractivity contribution in [3.8, 4) is 5.75 Å². The van der Waals surface area contributed by atoms with Crippen LogP contribution in [0.25, 0.3) is 11.2 Å². The topological polar surface area (TPSA) is 128 Å². The van der Waals surface area contributed by atoms with E-state index in [1.807, 2.05) is 0 Å². The number of nitrogens with one attached hydrogen (secondary N) is 2. The summed E-state index contributed by atoms with van der Waals surface area (Å²) >= 11 is 0. The highest BCUT2D eigenvalue weighted by molar-refractivity contribution is 7.92. The van der Waals surface area contributed by atoms with Gasteiger partial charge in [-0.15, -0.1) is 0 Å². The van der Waals surface area contributed by atoms with E-state index in [9.17, 15) is 22.4 Å². The lowest BCUT2D eigenvalue weighted by atomic mass is 10.1.